The first-order valence-corrected chi connectivity index (χ1v) is 11.0. The molecule has 1 amide bonds. The van der Waals surface area contributed by atoms with E-state index in [-0.39, 0.29) is 17.6 Å². The van der Waals surface area contributed by atoms with Crippen LogP contribution in [-0.4, -0.2) is 33.4 Å². The zero-order chi connectivity index (χ0) is 21.1. The Kier molecular flexibility index (Phi) is 6.20. The number of thioether (sulfide) groups is 1. The van der Waals surface area contributed by atoms with Crippen molar-refractivity contribution >= 4 is 34.3 Å². The highest BCUT2D eigenvalue weighted by molar-refractivity contribution is 8.00. The van der Waals surface area contributed by atoms with E-state index in [1.165, 1.54) is 11.8 Å². The molecule has 1 aliphatic heterocycles. The average molecular weight is 424 g/mol. The molecule has 4 rings (SSSR count). The molecule has 7 heteroatoms. The van der Waals surface area contributed by atoms with E-state index in [1.807, 2.05) is 56.3 Å². The van der Waals surface area contributed by atoms with Gasteiger partial charge in [-0.3, -0.25) is 14.2 Å². The largest absolute Gasteiger partial charge is 0.376 e. The van der Waals surface area contributed by atoms with Crippen molar-refractivity contribution < 1.29 is 9.53 Å². The van der Waals surface area contributed by atoms with Crippen LogP contribution in [0.15, 0.2) is 58.5 Å². The van der Waals surface area contributed by atoms with E-state index in [1.54, 1.807) is 10.6 Å². The predicted octanol–water partition coefficient (Wildman–Crippen LogP) is 4.00. The van der Waals surface area contributed by atoms with Crippen molar-refractivity contribution in [1.82, 2.24) is 9.55 Å². The molecule has 0 spiro atoms. The Balaban J connectivity index is 1.61. The zero-order valence-electron chi connectivity index (χ0n) is 17.1. The first kappa shape index (κ1) is 20.6. The van der Waals surface area contributed by atoms with Crippen LogP contribution in [0.2, 0.25) is 0 Å². The van der Waals surface area contributed by atoms with Crippen molar-refractivity contribution in [1.29, 1.82) is 0 Å². The molecule has 1 saturated heterocycles. The Labute approximate surface area is 179 Å². The highest BCUT2D eigenvalue weighted by Crippen LogP contribution is 2.25. The van der Waals surface area contributed by atoms with Gasteiger partial charge in [0.05, 0.1) is 28.8 Å². The van der Waals surface area contributed by atoms with Gasteiger partial charge < -0.3 is 10.1 Å². The van der Waals surface area contributed by atoms with E-state index in [4.69, 9.17) is 9.72 Å². The summed E-state index contributed by atoms with van der Waals surface area (Å²) in [6, 6.07) is 15.0. The minimum atomic E-state index is -0.422. The fourth-order valence-corrected chi connectivity index (χ4v) is 4.49. The van der Waals surface area contributed by atoms with Gasteiger partial charge >= 0.3 is 0 Å². The highest BCUT2D eigenvalue weighted by Gasteiger charge is 2.23. The molecule has 0 bridgehead atoms. The van der Waals surface area contributed by atoms with E-state index in [9.17, 15) is 9.59 Å². The van der Waals surface area contributed by atoms with E-state index in [0.29, 0.717) is 22.6 Å². The van der Waals surface area contributed by atoms with E-state index in [2.05, 4.69) is 5.32 Å². The summed E-state index contributed by atoms with van der Waals surface area (Å²) >= 11 is 1.30. The van der Waals surface area contributed by atoms with E-state index >= 15 is 0 Å². The molecule has 6 nitrogen and oxygen atoms in total. The number of rotatable bonds is 6. The Morgan fingerprint density at radius 3 is 2.90 bits per heavy atom. The number of nitrogens with one attached hydrogen (secondary N) is 1. The molecule has 0 aliphatic carbocycles. The van der Waals surface area contributed by atoms with Crippen molar-refractivity contribution in [3.8, 4) is 0 Å². The van der Waals surface area contributed by atoms with Crippen LogP contribution >= 0.6 is 11.8 Å². The third kappa shape index (κ3) is 4.57. The van der Waals surface area contributed by atoms with Gasteiger partial charge in [-0.1, -0.05) is 36.0 Å². The molecule has 0 saturated carbocycles. The second-order valence-corrected chi connectivity index (χ2v) is 8.89. The average Bonchev–Trinajstić information content (AvgIpc) is 3.24. The Morgan fingerprint density at radius 2 is 2.13 bits per heavy atom. The maximum absolute atomic E-state index is 13.2. The van der Waals surface area contributed by atoms with Gasteiger partial charge in [0.2, 0.25) is 5.91 Å². The molecular formula is C23H25N3O3S. The summed E-state index contributed by atoms with van der Waals surface area (Å²) in [6.07, 6.45) is 1.92. The number of nitrogens with zero attached hydrogens (tertiary/aromatic N) is 2. The maximum atomic E-state index is 13.2. The van der Waals surface area contributed by atoms with Crippen LogP contribution in [0.5, 0.6) is 0 Å². The molecule has 1 aromatic heterocycles. The summed E-state index contributed by atoms with van der Waals surface area (Å²) in [4.78, 5) is 30.6. The molecule has 156 valence electrons. The number of amides is 1. The molecule has 3 aromatic rings. The lowest BCUT2D eigenvalue weighted by Gasteiger charge is -2.18. The number of carbonyl (C=O) groups excluding carboxylic acids is 1. The van der Waals surface area contributed by atoms with Crippen LogP contribution in [0.25, 0.3) is 10.9 Å². The van der Waals surface area contributed by atoms with Crippen LogP contribution in [0, 0.1) is 6.92 Å². The number of hydrogen-bond acceptors (Lipinski definition) is 5. The van der Waals surface area contributed by atoms with Crippen molar-refractivity contribution in [2.24, 2.45) is 0 Å². The third-order valence-corrected chi connectivity index (χ3v) is 6.26. The van der Waals surface area contributed by atoms with Gasteiger partial charge in [-0.05, 0) is 56.5 Å². The molecule has 0 unspecified atom stereocenters. The highest BCUT2D eigenvalue weighted by atomic mass is 32.2. The molecule has 30 heavy (non-hydrogen) atoms. The molecule has 1 fully saturated rings. The first-order valence-electron chi connectivity index (χ1n) is 10.2. The number of hydrogen-bond donors (Lipinski definition) is 1. The lowest BCUT2D eigenvalue weighted by Crippen LogP contribution is -2.30. The first-order chi connectivity index (χ1) is 14.5. The molecule has 1 aliphatic rings. The van der Waals surface area contributed by atoms with Gasteiger partial charge in [0.15, 0.2) is 5.16 Å². The van der Waals surface area contributed by atoms with Gasteiger partial charge in [-0.2, -0.15) is 0 Å². The number of fused-ring (bicyclic) bond motifs is 1. The van der Waals surface area contributed by atoms with Gasteiger partial charge in [-0.25, -0.2) is 4.98 Å². The number of aromatic nitrogens is 2. The Morgan fingerprint density at radius 1 is 1.30 bits per heavy atom. The number of para-hydroxylation sites is 1. The second-order valence-electron chi connectivity index (χ2n) is 7.58. The fourth-order valence-electron chi connectivity index (χ4n) is 3.57. The number of anilines is 1. The minimum Gasteiger partial charge on any atom is -0.376 e. The van der Waals surface area contributed by atoms with Crippen LogP contribution in [0.3, 0.4) is 0 Å². The van der Waals surface area contributed by atoms with Gasteiger partial charge in [0, 0.05) is 12.3 Å². The summed E-state index contributed by atoms with van der Waals surface area (Å²) in [5, 5.41) is 3.65. The van der Waals surface area contributed by atoms with Crippen molar-refractivity contribution in [3.05, 3.63) is 64.4 Å². The Bertz CT molecular complexity index is 1120. The Hall–Kier alpha value is -2.64. The zero-order valence-corrected chi connectivity index (χ0v) is 17.9. The van der Waals surface area contributed by atoms with Crippen molar-refractivity contribution in [2.75, 3.05) is 11.9 Å². The molecule has 2 aromatic carbocycles. The van der Waals surface area contributed by atoms with E-state index < -0.39 is 5.25 Å². The summed E-state index contributed by atoms with van der Waals surface area (Å²) in [5.41, 5.74) is 2.38. The van der Waals surface area contributed by atoms with Gasteiger partial charge in [-0.15, -0.1) is 0 Å². The third-order valence-electron chi connectivity index (χ3n) is 5.17. The van der Waals surface area contributed by atoms with Gasteiger partial charge in [0.25, 0.3) is 5.56 Å². The SMILES string of the molecule is Cc1cccc(NC(=O)[C@@H](C)Sc2nc3ccccc3c(=O)n2C[C@@H]2CCCO2)c1. The number of ether oxygens (including phenoxy) is 1. The van der Waals surface area contributed by atoms with Crippen molar-refractivity contribution in [2.45, 2.75) is 49.7 Å². The quantitative estimate of drug-likeness (QED) is 0.479. The standard InChI is InChI=1S/C23H25N3O3S/c1-15-7-5-8-17(13-15)24-21(27)16(2)30-23-25-20-11-4-3-10-19(20)22(28)26(23)14-18-9-6-12-29-18/h3-5,7-8,10-11,13,16,18H,6,9,12,14H2,1-2H3,(H,24,27)/t16-,18+/m1/s1. The number of benzene rings is 2. The summed E-state index contributed by atoms with van der Waals surface area (Å²) in [7, 11) is 0. The lowest BCUT2D eigenvalue weighted by atomic mass is 10.2. The molecule has 2 atom stereocenters. The minimum absolute atomic E-state index is 0.00133. The summed E-state index contributed by atoms with van der Waals surface area (Å²) in [5.74, 6) is -0.128. The van der Waals surface area contributed by atoms with E-state index in [0.717, 1.165) is 30.7 Å². The fraction of sp³-hybridized carbons (Fsp3) is 0.348. The van der Waals surface area contributed by atoms with Gasteiger partial charge in [0.1, 0.15) is 0 Å². The molecule has 0 radical (unpaired) electrons. The number of carbonyl (C=O) groups is 1. The molecular weight excluding hydrogens is 398 g/mol. The molecule has 1 N–H and O–H groups in total. The monoisotopic (exact) mass is 423 g/mol. The second kappa shape index (κ2) is 9.02. The summed E-state index contributed by atoms with van der Waals surface area (Å²) < 4.78 is 7.41. The normalized spacial score (nSPS) is 17.2. The van der Waals surface area contributed by atoms with Crippen LogP contribution < -0.4 is 10.9 Å². The van der Waals surface area contributed by atoms with Crippen LogP contribution in [-0.2, 0) is 16.1 Å². The smallest absolute Gasteiger partial charge is 0.262 e. The van der Waals surface area contributed by atoms with Crippen LogP contribution in [0.4, 0.5) is 5.69 Å². The maximum Gasteiger partial charge on any atom is 0.262 e. The predicted molar refractivity (Wildman–Crippen MR) is 120 cm³/mol. The number of aryl methyl sites for hydroxylation is 1. The van der Waals surface area contributed by atoms with Crippen LogP contribution in [0.1, 0.15) is 25.3 Å². The topological polar surface area (TPSA) is 73.2 Å². The molecule has 2 heterocycles. The lowest BCUT2D eigenvalue weighted by molar-refractivity contribution is -0.115. The summed E-state index contributed by atoms with van der Waals surface area (Å²) in [6.45, 7) is 4.98. The van der Waals surface area contributed by atoms with Crippen molar-refractivity contribution in [3.63, 3.8) is 0 Å².